The van der Waals surface area contributed by atoms with Gasteiger partial charge in [-0.3, -0.25) is 4.79 Å². The van der Waals surface area contributed by atoms with Crippen LogP contribution >= 0.6 is 56.5 Å². The Morgan fingerprint density at radius 1 is 1.22 bits per heavy atom. The molecule has 0 unspecified atom stereocenters. The van der Waals surface area contributed by atoms with Crippen LogP contribution in [0.3, 0.4) is 0 Å². The Kier molecular flexibility index (Phi) is 7.86. The fraction of sp³-hybridized carbons (Fsp3) is 0.200. The van der Waals surface area contributed by atoms with Gasteiger partial charge in [-0.1, -0.05) is 24.1 Å². The zero-order chi connectivity index (χ0) is 22.5. The summed E-state index contributed by atoms with van der Waals surface area (Å²) in [6.07, 6.45) is 11.3. The van der Waals surface area contributed by atoms with Crippen molar-refractivity contribution < 1.29 is 9.53 Å². The maximum Gasteiger partial charge on any atom is 0.259 e. The van der Waals surface area contributed by atoms with Crippen LogP contribution in [0, 0.1) is 19.5 Å². The van der Waals surface area contributed by atoms with Gasteiger partial charge in [0.05, 0.1) is 9.13 Å². The van der Waals surface area contributed by atoms with E-state index in [1.165, 1.54) is 4.88 Å². The first kappa shape index (κ1) is 23.3. The highest BCUT2D eigenvalue weighted by Gasteiger charge is 2.25. The fourth-order valence-electron chi connectivity index (χ4n) is 3.66. The van der Waals surface area contributed by atoms with E-state index in [1.54, 1.807) is 17.6 Å². The number of hydrogen-bond acceptors (Lipinski definition) is 4. The molecule has 0 bridgehead atoms. The smallest absolute Gasteiger partial charge is 0.259 e. The number of amides is 1. The van der Waals surface area contributed by atoms with Crippen LogP contribution < -0.4 is 10.1 Å². The van der Waals surface area contributed by atoms with Crippen molar-refractivity contribution in [3.05, 3.63) is 71.2 Å². The zero-order valence-electron chi connectivity index (χ0n) is 17.2. The number of anilines is 1. The van der Waals surface area contributed by atoms with Crippen molar-refractivity contribution in [2.24, 2.45) is 4.99 Å². The number of terminal acetylenes is 1. The molecule has 1 aromatic heterocycles. The van der Waals surface area contributed by atoms with Gasteiger partial charge in [0, 0.05) is 25.9 Å². The predicted molar refractivity (Wildman–Crippen MR) is 149 cm³/mol. The predicted octanol–water partition coefficient (Wildman–Crippen LogP) is 6.85. The molecule has 0 spiro atoms. The number of para-hydroxylation sites is 1. The average Bonchev–Trinajstić information content (AvgIpc) is 3.16. The number of halogens is 2. The minimum Gasteiger partial charge on any atom is -0.479 e. The highest BCUT2D eigenvalue weighted by Crippen LogP contribution is 2.40. The second-order valence-corrected chi connectivity index (χ2v) is 10.8. The third kappa shape index (κ3) is 5.35. The number of rotatable bonds is 6. The van der Waals surface area contributed by atoms with Crippen molar-refractivity contribution in [1.29, 1.82) is 0 Å². The van der Waals surface area contributed by atoms with Crippen molar-refractivity contribution in [2.45, 2.75) is 25.7 Å². The molecule has 2 aromatic carbocycles. The standard InChI is InChI=1S/C25H20I2N2O2S/c1-2-12-31-23-16(13-17(26)14-20(23)27)15-28-25-22(19-10-6-7-11-21(19)32-25)24(30)29-18-8-4-3-5-9-18/h1,3-5,8-9,13-15H,6-7,10-12H2,(H,29,30). The van der Waals surface area contributed by atoms with Gasteiger partial charge >= 0.3 is 0 Å². The van der Waals surface area contributed by atoms with Crippen LogP contribution in [0.25, 0.3) is 0 Å². The maximum atomic E-state index is 13.3. The molecule has 1 amide bonds. The number of fused-ring (bicyclic) bond motifs is 1. The van der Waals surface area contributed by atoms with E-state index in [0.29, 0.717) is 11.3 Å². The SMILES string of the molecule is C#CCOc1c(I)cc(I)cc1C=Nc1sc2c(c1C(=O)Nc1ccccc1)CCCC2. The summed E-state index contributed by atoms with van der Waals surface area (Å²) in [5, 5.41) is 3.77. The van der Waals surface area contributed by atoms with Crippen LogP contribution in [0.1, 0.15) is 39.2 Å². The molecule has 0 saturated heterocycles. The summed E-state index contributed by atoms with van der Waals surface area (Å²) in [5.41, 5.74) is 3.46. The van der Waals surface area contributed by atoms with E-state index in [2.05, 4.69) is 56.4 Å². The van der Waals surface area contributed by atoms with E-state index in [4.69, 9.17) is 16.2 Å². The Hall–Kier alpha value is -1.90. The summed E-state index contributed by atoms with van der Waals surface area (Å²) in [6.45, 7) is 0.190. The Labute approximate surface area is 219 Å². The molecule has 7 heteroatoms. The zero-order valence-corrected chi connectivity index (χ0v) is 22.3. The van der Waals surface area contributed by atoms with E-state index in [1.807, 2.05) is 42.5 Å². The number of aryl methyl sites for hydroxylation is 1. The minimum absolute atomic E-state index is 0.108. The van der Waals surface area contributed by atoms with Gasteiger partial charge in [-0.05, 0) is 101 Å². The van der Waals surface area contributed by atoms with Crippen LogP contribution in [0.4, 0.5) is 10.7 Å². The fourth-order valence-corrected chi connectivity index (χ4v) is 6.94. The summed E-state index contributed by atoms with van der Waals surface area (Å²) in [4.78, 5) is 19.3. The molecular formula is C25H20I2N2O2S. The molecule has 0 radical (unpaired) electrons. The maximum absolute atomic E-state index is 13.3. The number of ether oxygens (including phenoxy) is 1. The van der Waals surface area contributed by atoms with Gasteiger partial charge < -0.3 is 10.1 Å². The second-order valence-electron chi connectivity index (χ2n) is 7.27. The van der Waals surface area contributed by atoms with E-state index >= 15 is 0 Å². The van der Waals surface area contributed by atoms with Crippen LogP contribution in [0.2, 0.25) is 0 Å². The highest BCUT2D eigenvalue weighted by atomic mass is 127. The van der Waals surface area contributed by atoms with E-state index < -0.39 is 0 Å². The monoisotopic (exact) mass is 666 g/mol. The van der Waals surface area contributed by atoms with Crippen molar-refractivity contribution >= 4 is 79.3 Å². The van der Waals surface area contributed by atoms with Gasteiger partial charge in [-0.2, -0.15) is 0 Å². The highest BCUT2D eigenvalue weighted by molar-refractivity contribution is 14.1. The molecule has 4 rings (SSSR count). The Bertz CT molecular complexity index is 1210. The van der Waals surface area contributed by atoms with Crippen molar-refractivity contribution in [3.63, 3.8) is 0 Å². The average molecular weight is 666 g/mol. The molecule has 1 N–H and O–H groups in total. The molecule has 0 fully saturated rings. The van der Waals surface area contributed by atoms with Gasteiger partial charge in [-0.15, -0.1) is 17.8 Å². The number of aliphatic imine (C=N–C) groups is 1. The summed E-state index contributed by atoms with van der Waals surface area (Å²) in [7, 11) is 0. The number of thiophene rings is 1. The van der Waals surface area contributed by atoms with Crippen LogP contribution in [-0.4, -0.2) is 18.7 Å². The Morgan fingerprint density at radius 3 is 2.78 bits per heavy atom. The van der Waals surface area contributed by atoms with Crippen LogP contribution in [0.15, 0.2) is 47.5 Å². The lowest BCUT2D eigenvalue weighted by atomic mass is 9.95. The molecule has 0 atom stereocenters. The molecule has 4 nitrogen and oxygen atoms in total. The second kappa shape index (κ2) is 10.8. The van der Waals surface area contributed by atoms with Crippen molar-refractivity contribution in [1.82, 2.24) is 0 Å². The summed E-state index contributed by atoms with van der Waals surface area (Å²) in [6, 6.07) is 13.6. The molecule has 162 valence electrons. The molecule has 1 aliphatic carbocycles. The third-order valence-corrected chi connectivity index (χ3v) is 7.69. The van der Waals surface area contributed by atoms with E-state index in [-0.39, 0.29) is 12.5 Å². The van der Waals surface area contributed by atoms with Gasteiger partial charge in [-0.25, -0.2) is 4.99 Å². The van der Waals surface area contributed by atoms with E-state index in [0.717, 1.165) is 54.6 Å². The number of carbonyl (C=O) groups is 1. The van der Waals surface area contributed by atoms with E-state index in [9.17, 15) is 4.79 Å². The summed E-state index contributed by atoms with van der Waals surface area (Å²) >= 11 is 6.14. The van der Waals surface area contributed by atoms with Crippen molar-refractivity contribution in [2.75, 3.05) is 11.9 Å². The first-order valence-corrected chi connectivity index (χ1v) is 13.1. The number of carbonyl (C=O) groups excluding carboxylic acids is 1. The molecule has 3 aromatic rings. The number of nitrogens with one attached hydrogen (secondary N) is 1. The molecule has 0 saturated carbocycles. The first-order chi connectivity index (χ1) is 15.6. The largest absolute Gasteiger partial charge is 0.479 e. The summed E-state index contributed by atoms with van der Waals surface area (Å²) in [5.74, 6) is 3.12. The molecule has 32 heavy (non-hydrogen) atoms. The molecule has 1 heterocycles. The van der Waals surface area contributed by atoms with Gasteiger partial charge in [0.2, 0.25) is 0 Å². The van der Waals surface area contributed by atoms with Gasteiger partial charge in [0.1, 0.15) is 17.4 Å². The first-order valence-electron chi connectivity index (χ1n) is 10.2. The van der Waals surface area contributed by atoms with Crippen LogP contribution in [0.5, 0.6) is 5.75 Å². The number of benzene rings is 2. The molecule has 1 aliphatic rings. The van der Waals surface area contributed by atoms with Gasteiger partial charge in [0.25, 0.3) is 5.91 Å². The summed E-state index contributed by atoms with van der Waals surface area (Å²) < 4.78 is 7.83. The molecule has 0 aliphatic heterocycles. The van der Waals surface area contributed by atoms with Gasteiger partial charge in [0.15, 0.2) is 0 Å². The lowest BCUT2D eigenvalue weighted by Gasteiger charge is -2.13. The lowest BCUT2D eigenvalue weighted by Crippen LogP contribution is -2.14. The topological polar surface area (TPSA) is 50.7 Å². The Morgan fingerprint density at radius 2 is 2.00 bits per heavy atom. The Balaban J connectivity index is 1.72. The van der Waals surface area contributed by atoms with Crippen molar-refractivity contribution in [3.8, 4) is 18.1 Å². The lowest BCUT2D eigenvalue weighted by molar-refractivity contribution is 0.102. The minimum atomic E-state index is -0.108. The number of hydrogen-bond donors (Lipinski definition) is 1. The normalized spacial score (nSPS) is 12.9. The number of nitrogens with zero attached hydrogens (tertiary/aromatic N) is 1. The quantitative estimate of drug-likeness (QED) is 0.178. The van der Waals surface area contributed by atoms with Crippen LogP contribution in [-0.2, 0) is 12.8 Å². The molecular weight excluding hydrogens is 646 g/mol. The third-order valence-electron chi connectivity index (χ3n) is 5.07.